The van der Waals surface area contributed by atoms with Gasteiger partial charge in [-0.2, -0.15) is 0 Å². The zero-order valence-electron chi connectivity index (χ0n) is 15.4. The van der Waals surface area contributed by atoms with Crippen molar-refractivity contribution in [1.82, 2.24) is 14.9 Å². The molecule has 4 nitrogen and oxygen atoms in total. The first-order valence-corrected chi connectivity index (χ1v) is 9.08. The van der Waals surface area contributed by atoms with Crippen molar-refractivity contribution in [2.24, 2.45) is 0 Å². The Morgan fingerprint density at radius 3 is 2.50 bits per heavy atom. The highest BCUT2D eigenvalue weighted by Crippen LogP contribution is 2.24. The Bertz CT molecular complexity index is 911. The molecule has 0 saturated heterocycles. The first-order chi connectivity index (χ1) is 12.6. The maximum atomic E-state index is 5.77. The van der Waals surface area contributed by atoms with E-state index in [1.807, 2.05) is 30.5 Å². The number of aryl methyl sites for hydroxylation is 2. The van der Waals surface area contributed by atoms with E-state index in [0.29, 0.717) is 0 Å². The van der Waals surface area contributed by atoms with Crippen molar-refractivity contribution in [1.29, 1.82) is 0 Å². The number of hydrogen-bond acceptors (Lipinski definition) is 4. The maximum Gasteiger partial charge on any atom is 0.159 e. The van der Waals surface area contributed by atoms with E-state index in [2.05, 4.69) is 41.9 Å². The van der Waals surface area contributed by atoms with Gasteiger partial charge in [0.15, 0.2) is 5.82 Å². The molecule has 3 aromatic rings. The molecule has 1 aliphatic rings. The molecule has 0 atom stereocenters. The fourth-order valence-corrected chi connectivity index (χ4v) is 3.60. The van der Waals surface area contributed by atoms with Crippen molar-refractivity contribution in [2.45, 2.75) is 33.4 Å². The Labute approximate surface area is 154 Å². The Balaban J connectivity index is 1.54. The van der Waals surface area contributed by atoms with Crippen LogP contribution in [0.2, 0.25) is 0 Å². The smallest absolute Gasteiger partial charge is 0.159 e. The zero-order valence-corrected chi connectivity index (χ0v) is 15.4. The van der Waals surface area contributed by atoms with E-state index >= 15 is 0 Å². The van der Waals surface area contributed by atoms with Crippen LogP contribution < -0.4 is 5.73 Å². The molecule has 0 unspecified atom stereocenters. The second-order valence-corrected chi connectivity index (χ2v) is 7.12. The average molecular weight is 344 g/mol. The molecule has 4 rings (SSSR count). The lowest BCUT2D eigenvalue weighted by Crippen LogP contribution is -2.31. The number of hydrogen-bond donors (Lipinski definition) is 1. The van der Waals surface area contributed by atoms with Crippen molar-refractivity contribution >= 4 is 5.69 Å². The highest BCUT2D eigenvalue weighted by Gasteiger charge is 2.20. The van der Waals surface area contributed by atoms with E-state index in [4.69, 9.17) is 10.7 Å². The van der Waals surface area contributed by atoms with Crippen LogP contribution >= 0.6 is 0 Å². The minimum atomic E-state index is 0.758. The Kier molecular flexibility index (Phi) is 4.43. The van der Waals surface area contributed by atoms with E-state index in [0.717, 1.165) is 43.1 Å². The summed E-state index contributed by atoms with van der Waals surface area (Å²) in [6.07, 6.45) is 2.95. The molecule has 0 bridgehead atoms. The predicted molar refractivity (Wildman–Crippen MR) is 106 cm³/mol. The van der Waals surface area contributed by atoms with Gasteiger partial charge in [-0.15, -0.1) is 0 Å². The molecule has 0 saturated carbocycles. The molecular weight excluding hydrogens is 320 g/mol. The Hall–Kier alpha value is -2.72. The van der Waals surface area contributed by atoms with Crippen molar-refractivity contribution in [3.05, 3.63) is 76.6 Å². The van der Waals surface area contributed by atoms with Crippen LogP contribution in [0.1, 0.15) is 27.9 Å². The topological polar surface area (TPSA) is 55.0 Å². The number of anilines is 1. The number of rotatable bonds is 3. The molecule has 1 aliphatic heterocycles. The molecule has 0 fully saturated rings. The van der Waals surface area contributed by atoms with Crippen molar-refractivity contribution in [2.75, 3.05) is 12.3 Å². The van der Waals surface area contributed by atoms with Gasteiger partial charge in [0, 0.05) is 49.1 Å². The second-order valence-electron chi connectivity index (χ2n) is 7.12. The summed E-state index contributed by atoms with van der Waals surface area (Å²) in [7, 11) is 0. The third kappa shape index (κ3) is 3.33. The van der Waals surface area contributed by atoms with Crippen molar-refractivity contribution in [3.8, 4) is 11.4 Å². The van der Waals surface area contributed by atoms with Gasteiger partial charge in [0.05, 0.1) is 5.69 Å². The Morgan fingerprint density at radius 1 is 1.04 bits per heavy atom. The van der Waals surface area contributed by atoms with Crippen molar-refractivity contribution in [3.63, 3.8) is 0 Å². The van der Waals surface area contributed by atoms with Crippen LogP contribution in [-0.2, 0) is 19.5 Å². The van der Waals surface area contributed by atoms with Gasteiger partial charge in [-0.3, -0.25) is 4.90 Å². The van der Waals surface area contributed by atoms with Gasteiger partial charge in [0.2, 0.25) is 0 Å². The summed E-state index contributed by atoms with van der Waals surface area (Å²) in [6, 6.07) is 14.3. The number of benzene rings is 2. The summed E-state index contributed by atoms with van der Waals surface area (Å²) in [4.78, 5) is 11.9. The predicted octanol–water partition coefficient (Wildman–Crippen LogP) is 3.90. The highest BCUT2D eigenvalue weighted by atomic mass is 15.1. The lowest BCUT2D eigenvalue weighted by molar-refractivity contribution is 0.242. The van der Waals surface area contributed by atoms with Crippen LogP contribution in [0.15, 0.2) is 48.7 Å². The van der Waals surface area contributed by atoms with Crippen LogP contribution in [0, 0.1) is 13.8 Å². The lowest BCUT2D eigenvalue weighted by Gasteiger charge is -2.29. The fraction of sp³-hybridized carbons (Fsp3) is 0.273. The van der Waals surface area contributed by atoms with E-state index in [-0.39, 0.29) is 0 Å². The van der Waals surface area contributed by atoms with Gasteiger partial charge < -0.3 is 5.73 Å². The largest absolute Gasteiger partial charge is 0.399 e. The van der Waals surface area contributed by atoms with Gasteiger partial charge in [-0.1, -0.05) is 18.2 Å². The van der Waals surface area contributed by atoms with Crippen LogP contribution in [0.5, 0.6) is 0 Å². The third-order valence-corrected chi connectivity index (χ3v) is 5.21. The fourth-order valence-electron chi connectivity index (χ4n) is 3.60. The summed E-state index contributed by atoms with van der Waals surface area (Å²) in [5.74, 6) is 0.784. The summed E-state index contributed by atoms with van der Waals surface area (Å²) in [6.45, 7) is 7.31. The third-order valence-electron chi connectivity index (χ3n) is 5.21. The monoisotopic (exact) mass is 344 g/mol. The summed E-state index contributed by atoms with van der Waals surface area (Å²) in [5.41, 5.74) is 14.1. The number of nitrogens with zero attached hydrogens (tertiary/aromatic N) is 3. The van der Waals surface area contributed by atoms with Gasteiger partial charge in [-0.25, -0.2) is 9.97 Å². The summed E-state index contributed by atoms with van der Waals surface area (Å²) in [5, 5.41) is 0. The molecule has 26 heavy (non-hydrogen) atoms. The molecule has 0 spiro atoms. The normalized spacial score (nSPS) is 14.2. The van der Waals surface area contributed by atoms with Gasteiger partial charge in [0.1, 0.15) is 0 Å². The number of nitrogen functional groups attached to an aromatic ring is 1. The van der Waals surface area contributed by atoms with Crippen LogP contribution in [0.4, 0.5) is 5.69 Å². The number of nitrogens with two attached hydrogens (primary N) is 1. The SMILES string of the molecule is Cc1cccc(C)c1CN1CCc2nc(-c3ccc(N)cc3)ncc2C1. The first-order valence-electron chi connectivity index (χ1n) is 9.08. The van der Waals surface area contributed by atoms with Crippen LogP contribution in [-0.4, -0.2) is 21.4 Å². The summed E-state index contributed by atoms with van der Waals surface area (Å²) >= 11 is 0. The summed E-state index contributed by atoms with van der Waals surface area (Å²) < 4.78 is 0. The quantitative estimate of drug-likeness (QED) is 0.732. The molecule has 2 heterocycles. The lowest BCUT2D eigenvalue weighted by atomic mass is 10.0. The van der Waals surface area contributed by atoms with Crippen molar-refractivity contribution < 1.29 is 0 Å². The standard InChI is InChI=1S/C22H24N4/c1-15-4-3-5-16(2)20(15)14-26-11-10-21-18(13-26)12-24-22(25-21)17-6-8-19(23)9-7-17/h3-9,12H,10-11,13-14,23H2,1-2H3. The van der Waals surface area contributed by atoms with E-state index in [1.54, 1.807) is 0 Å². The van der Waals surface area contributed by atoms with E-state index in [9.17, 15) is 0 Å². The molecular formula is C22H24N4. The molecule has 4 heteroatoms. The second kappa shape index (κ2) is 6.89. The zero-order chi connectivity index (χ0) is 18.1. The van der Waals surface area contributed by atoms with Gasteiger partial charge in [0.25, 0.3) is 0 Å². The number of fused-ring (bicyclic) bond motifs is 1. The average Bonchev–Trinajstić information content (AvgIpc) is 2.65. The maximum absolute atomic E-state index is 5.77. The minimum Gasteiger partial charge on any atom is -0.399 e. The van der Waals surface area contributed by atoms with Gasteiger partial charge >= 0.3 is 0 Å². The minimum absolute atomic E-state index is 0.758. The van der Waals surface area contributed by atoms with E-state index < -0.39 is 0 Å². The molecule has 2 aromatic carbocycles. The Morgan fingerprint density at radius 2 is 1.77 bits per heavy atom. The first kappa shape index (κ1) is 16.7. The number of aromatic nitrogens is 2. The molecule has 0 aliphatic carbocycles. The molecule has 0 amide bonds. The van der Waals surface area contributed by atoms with Gasteiger partial charge in [-0.05, 0) is 54.8 Å². The molecule has 1 aromatic heterocycles. The molecule has 0 radical (unpaired) electrons. The van der Waals surface area contributed by atoms with E-state index in [1.165, 1.54) is 27.9 Å². The highest BCUT2D eigenvalue weighted by molar-refractivity contribution is 5.58. The molecule has 132 valence electrons. The van der Waals surface area contributed by atoms with Crippen LogP contribution in [0.3, 0.4) is 0 Å². The molecule has 2 N–H and O–H groups in total. The van der Waals surface area contributed by atoms with Crippen LogP contribution in [0.25, 0.3) is 11.4 Å².